The van der Waals surface area contributed by atoms with Gasteiger partial charge in [0.05, 0.1) is 17.5 Å². The van der Waals surface area contributed by atoms with Crippen LogP contribution in [-0.4, -0.2) is 40.1 Å². The summed E-state index contributed by atoms with van der Waals surface area (Å²) < 4.78 is 24.1. The molecular formula is C33H29Cl2N2O9P. The second-order valence-corrected chi connectivity index (χ2v) is 13.3. The maximum absolute atomic E-state index is 13.1. The largest absolute Gasteiger partial charge is 0.507 e. The summed E-state index contributed by atoms with van der Waals surface area (Å²) in [6.07, 6.45) is 0.991. The van der Waals surface area contributed by atoms with Crippen molar-refractivity contribution in [2.75, 3.05) is 13.2 Å². The Bertz CT molecular complexity index is 2100. The van der Waals surface area contributed by atoms with Crippen LogP contribution in [0.2, 0.25) is 10.0 Å². The van der Waals surface area contributed by atoms with Crippen LogP contribution in [0.5, 0.6) is 5.75 Å². The van der Waals surface area contributed by atoms with E-state index in [-0.39, 0.29) is 85.3 Å². The molecule has 1 heterocycles. The fourth-order valence-corrected chi connectivity index (χ4v) is 6.88. The van der Waals surface area contributed by atoms with Crippen LogP contribution >= 0.6 is 30.8 Å². The zero-order chi connectivity index (χ0) is 34.0. The van der Waals surface area contributed by atoms with Gasteiger partial charge >= 0.3 is 13.6 Å². The molecule has 14 heteroatoms. The van der Waals surface area contributed by atoms with Crippen molar-refractivity contribution in [1.29, 1.82) is 0 Å². The van der Waals surface area contributed by atoms with Crippen molar-refractivity contribution < 1.29 is 38.2 Å². The average Bonchev–Trinajstić information content (AvgIpc) is 3.03. The Morgan fingerprint density at radius 1 is 0.979 bits per heavy atom. The number of hydrogen-bond donors (Lipinski definition) is 5. The molecule has 0 spiro atoms. The molecule has 47 heavy (non-hydrogen) atoms. The number of fused-ring (bicyclic) bond motifs is 2. The molecule has 0 fully saturated rings. The zero-order valence-corrected chi connectivity index (χ0v) is 27.1. The number of carboxylic acids is 1. The number of carbonyl (C=O) groups is 2. The van der Waals surface area contributed by atoms with Crippen LogP contribution in [0.1, 0.15) is 35.2 Å². The Hall–Kier alpha value is -4.22. The SMILES string of the molecule is NCCCCOP(=O)(O)c1ccc(-c2cc3c(-c4c(Cl)cccc4C(=O)O)c4cc(CCC(N)=O)c(=O)c(Cl)c-4oc3cc2O)cc1. The number of primary amides is 1. The van der Waals surface area contributed by atoms with Gasteiger partial charge in [0.1, 0.15) is 16.4 Å². The summed E-state index contributed by atoms with van der Waals surface area (Å²) in [5.74, 6) is -2.25. The van der Waals surface area contributed by atoms with Gasteiger partial charge in [0.2, 0.25) is 11.3 Å². The van der Waals surface area contributed by atoms with E-state index >= 15 is 0 Å². The van der Waals surface area contributed by atoms with Crippen molar-refractivity contribution in [2.24, 2.45) is 11.5 Å². The number of aromatic carboxylic acids is 1. The topological polar surface area (TPSA) is 203 Å². The molecule has 2 aliphatic rings. The van der Waals surface area contributed by atoms with Crippen LogP contribution in [0, 0.1) is 0 Å². The Morgan fingerprint density at radius 2 is 1.70 bits per heavy atom. The average molecular weight is 699 g/mol. The van der Waals surface area contributed by atoms with Crippen molar-refractivity contribution in [3.63, 3.8) is 0 Å². The number of nitrogens with two attached hydrogens (primary N) is 2. The Kier molecular flexibility index (Phi) is 10.1. The van der Waals surface area contributed by atoms with Crippen molar-refractivity contribution in [3.05, 3.63) is 92.1 Å². The van der Waals surface area contributed by atoms with E-state index in [1.165, 1.54) is 54.6 Å². The first-order valence-corrected chi connectivity index (χ1v) is 16.7. The minimum Gasteiger partial charge on any atom is -0.507 e. The third-order valence-corrected chi connectivity index (χ3v) is 9.75. The molecule has 1 unspecified atom stereocenters. The highest BCUT2D eigenvalue weighted by Crippen LogP contribution is 2.48. The number of unbranched alkanes of at least 4 members (excludes halogenated alkanes) is 1. The minimum atomic E-state index is -4.12. The molecular weight excluding hydrogens is 670 g/mol. The van der Waals surface area contributed by atoms with Gasteiger partial charge in [-0.3, -0.25) is 14.2 Å². The molecule has 1 amide bonds. The first-order chi connectivity index (χ1) is 22.3. The van der Waals surface area contributed by atoms with Gasteiger partial charge in [-0.15, -0.1) is 0 Å². The highest BCUT2D eigenvalue weighted by Gasteiger charge is 2.29. The monoisotopic (exact) mass is 698 g/mol. The van der Waals surface area contributed by atoms with Gasteiger partial charge in [-0.25, -0.2) is 4.79 Å². The number of phenolic OH excluding ortho intramolecular Hbond substituents is 1. The second kappa shape index (κ2) is 13.9. The van der Waals surface area contributed by atoms with E-state index in [2.05, 4.69) is 0 Å². The van der Waals surface area contributed by atoms with E-state index in [1.807, 2.05) is 0 Å². The number of benzene rings is 4. The van der Waals surface area contributed by atoms with Gasteiger partial charge in [0.15, 0.2) is 5.76 Å². The molecule has 3 aromatic carbocycles. The van der Waals surface area contributed by atoms with E-state index in [0.717, 1.165) is 0 Å². The van der Waals surface area contributed by atoms with Crippen molar-refractivity contribution >= 4 is 58.9 Å². The van der Waals surface area contributed by atoms with Crippen LogP contribution in [0.3, 0.4) is 0 Å². The number of phenols is 1. The quantitative estimate of drug-likeness (QED) is 0.0590. The highest BCUT2D eigenvalue weighted by molar-refractivity contribution is 7.61. The van der Waals surface area contributed by atoms with Crippen LogP contribution < -0.4 is 22.2 Å². The summed E-state index contributed by atoms with van der Waals surface area (Å²) in [6.45, 7) is 0.492. The molecule has 7 N–H and O–H groups in total. The van der Waals surface area contributed by atoms with Crippen LogP contribution in [0.25, 0.3) is 44.5 Å². The van der Waals surface area contributed by atoms with Crippen molar-refractivity contribution in [1.82, 2.24) is 0 Å². The molecule has 0 saturated heterocycles. The zero-order valence-electron chi connectivity index (χ0n) is 24.7. The highest BCUT2D eigenvalue weighted by atomic mass is 35.5. The minimum absolute atomic E-state index is 0.0335. The van der Waals surface area contributed by atoms with E-state index in [0.29, 0.717) is 30.3 Å². The first-order valence-electron chi connectivity index (χ1n) is 14.4. The Morgan fingerprint density at radius 3 is 2.36 bits per heavy atom. The van der Waals surface area contributed by atoms with E-state index in [9.17, 15) is 34.1 Å². The second-order valence-electron chi connectivity index (χ2n) is 10.7. The molecule has 0 aromatic heterocycles. The lowest BCUT2D eigenvalue weighted by atomic mass is 9.88. The Balaban J connectivity index is 1.77. The first kappa shape index (κ1) is 34.1. The molecule has 0 saturated carbocycles. The number of aryl methyl sites for hydroxylation is 1. The fourth-order valence-electron chi connectivity index (χ4n) is 5.30. The van der Waals surface area contributed by atoms with Gasteiger partial charge in [-0.2, -0.15) is 0 Å². The van der Waals surface area contributed by atoms with Gasteiger partial charge in [0.25, 0.3) is 0 Å². The summed E-state index contributed by atoms with van der Waals surface area (Å²) in [6, 6.07) is 14.5. The lowest BCUT2D eigenvalue weighted by molar-refractivity contribution is -0.118. The standard InChI is InChI=1S/C33H29Cl2N2O9P/c34-24-5-3-4-20(33(41)42)29(24)28-22-15-21(17-6-9-19(10-7-17)47(43,44)45-13-2-1-12-36)25(38)16-26(22)46-32-23(28)14-18(8-11-27(37)39)31(40)30(32)35/h3-7,9-10,14-16,38H,1-2,8,11-13,36H2,(H2,37,39)(H,41,42)(H,43,44). The van der Waals surface area contributed by atoms with Gasteiger partial charge in [0, 0.05) is 50.7 Å². The third kappa shape index (κ3) is 6.92. The molecule has 11 nitrogen and oxygen atoms in total. The maximum atomic E-state index is 13.1. The predicted molar refractivity (Wildman–Crippen MR) is 180 cm³/mol. The summed E-state index contributed by atoms with van der Waals surface area (Å²) in [5.41, 5.74) is 11.5. The number of amides is 1. The molecule has 1 atom stereocenters. The van der Waals surface area contributed by atoms with Crippen molar-refractivity contribution in [3.8, 4) is 39.3 Å². The van der Waals surface area contributed by atoms with E-state index < -0.39 is 24.9 Å². The number of halogens is 2. The lowest BCUT2D eigenvalue weighted by Gasteiger charge is -2.20. The van der Waals surface area contributed by atoms with Crippen LogP contribution in [0.15, 0.2) is 69.9 Å². The van der Waals surface area contributed by atoms with E-state index in [1.54, 1.807) is 6.07 Å². The summed E-state index contributed by atoms with van der Waals surface area (Å²) >= 11 is 13.2. The fraction of sp³-hybridized carbons (Fsp3) is 0.182. The Labute approximate surface area is 278 Å². The third-order valence-electron chi connectivity index (χ3n) is 7.61. The molecule has 1 aliphatic heterocycles. The number of aromatic hydroxyl groups is 1. The lowest BCUT2D eigenvalue weighted by Crippen LogP contribution is -2.17. The summed E-state index contributed by atoms with van der Waals surface area (Å²) in [4.78, 5) is 47.6. The maximum Gasteiger partial charge on any atom is 0.358 e. The molecule has 0 radical (unpaired) electrons. The number of carboxylic acid groups (broad SMARTS) is 1. The smallest absolute Gasteiger partial charge is 0.358 e. The number of hydrogen-bond acceptors (Lipinski definition) is 8. The normalized spacial score (nSPS) is 12.8. The van der Waals surface area contributed by atoms with Crippen LogP contribution in [0.4, 0.5) is 0 Å². The number of rotatable bonds is 12. The summed E-state index contributed by atoms with van der Waals surface area (Å²) in [7, 11) is -4.12. The molecule has 1 aliphatic carbocycles. The molecule has 0 bridgehead atoms. The number of carbonyl (C=O) groups excluding carboxylic acids is 1. The van der Waals surface area contributed by atoms with Crippen molar-refractivity contribution in [2.45, 2.75) is 25.7 Å². The van der Waals surface area contributed by atoms with Gasteiger partial charge in [-0.05, 0) is 67.8 Å². The van der Waals surface area contributed by atoms with Gasteiger partial charge in [-0.1, -0.05) is 41.4 Å². The predicted octanol–water partition coefficient (Wildman–Crippen LogP) is 5.93. The van der Waals surface area contributed by atoms with Crippen LogP contribution in [-0.2, 0) is 20.3 Å². The summed E-state index contributed by atoms with van der Waals surface area (Å²) in [5, 5.41) is 21.4. The molecule has 5 rings (SSSR count). The molecule has 3 aromatic rings. The van der Waals surface area contributed by atoms with Gasteiger partial charge < -0.3 is 35.5 Å². The van der Waals surface area contributed by atoms with E-state index in [4.69, 9.17) is 43.6 Å². The molecule has 244 valence electrons.